The fourth-order valence-corrected chi connectivity index (χ4v) is 2.66. The Hall–Kier alpha value is -3.34. The number of ether oxygens (including phenoxy) is 1. The van der Waals surface area contributed by atoms with Crippen molar-refractivity contribution in [1.29, 1.82) is 0 Å². The summed E-state index contributed by atoms with van der Waals surface area (Å²) >= 11 is 0. The number of anilines is 1. The second-order valence-corrected chi connectivity index (χ2v) is 5.73. The number of fused-ring (bicyclic) bond motifs is 1. The van der Waals surface area contributed by atoms with Crippen molar-refractivity contribution in [2.45, 2.75) is 6.61 Å². The molecule has 0 unspecified atom stereocenters. The molecule has 2 aromatic heterocycles. The molecule has 4 nitrogen and oxygen atoms in total. The van der Waals surface area contributed by atoms with Crippen LogP contribution < -0.4 is 10.5 Å². The average molecular weight is 333 g/mol. The Labute approximate surface area is 144 Å². The Balaban J connectivity index is 1.66. The van der Waals surface area contributed by atoms with E-state index in [0.717, 1.165) is 11.3 Å². The lowest BCUT2D eigenvalue weighted by Gasteiger charge is -2.07. The molecule has 4 aromatic rings. The van der Waals surface area contributed by atoms with Gasteiger partial charge in [-0.2, -0.15) is 0 Å². The van der Waals surface area contributed by atoms with Crippen molar-refractivity contribution >= 4 is 11.3 Å². The van der Waals surface area contributed by atoms with Gasteiger partial charge in [0.25, 0.3) is 0 Å². The first-order chi connectivity index (χ1) is 12.2. The molecule has 0 aliphatic rings. The largest absolute Gasteiger partial charge is 0.485 e. The van der Waals surface area contributed by atoms with Gasteiger partial charge in [-0.05, 0) is 30.3 Å². The minimum Gasteiger partial charge on any atom is -0.485 e. The van der Waals surface area contributed by atoms with E-state index in [-0.39, 0.29) is 12.4 Å². The summed E-state index contributed by atoms with van der Waals surface area (Å²) in [6.45, 7) is 0.149. The quantitative estimate of drug-likeness (QED) is 0.567. The van der Waals surface area contributed by atoms with Crippen LogP contribution in [0.15, 0.2) is 73.1 Å². The smallest absolute Gasteiger partial charge is 0.180 e. The molecule has 0 atom stereocenters. The number of benzene rings is 2. The van der Waals surface area contributed by atoms with E-state index in [1.165, 1.54) is 6.07 Å². The predicted molar refractivity (Wildman–Crippen MR) is 95.8 cm³/mol. The van der Waals surface area contributed by atoms with Crippen LogP contribution in [0.5, 0.6) is 5.75 Å². The van der Waals surface area contributed by atoms with E-state index < -0.39 is 0 Å². The number of nitrogen functional groups attached to an aromatic ring is 1. The maximum atomic E-state index is 13.8. The van der Waals surface area contributed by atoms with Crippen molar-refractivity contribution in [3.63, 3.8) is 0 Å². The van der Waals surface area contributed by atoms with Gasteiger partial charge in [0.05, 0.1) is 5.69 Å². The number of hydrogen-bond donors (Lipinski definition) is 1. The maximum Gasteiger partial charge on any atom is 0.180 e. The zero-order valence-electron chi connectivity index (χ0n) is 13.4. The summed E-state index contributed by atoms with van der Waals surface area (Å²) in [5.41, 5.74) is 9.43. The fourth-order valence-electron chi connectivity index (χ4n) is 2.66. The Kier molecular flexibility index (Phi) is 3.82. The Bertz CT molecular complexity index is 1020. The number of imidazole rings is 1. The second-order valence-electron chi connectivity index (χ2n) is 5.73. The molecule has 0 radical (unpaired) electrons. The van der Waals surface area contributed by atoms with E-state index in [9.17, 15) is 4.39 Å². The Morgan fingerprint density at radius 2 is 1.80 bits per heavy atom. The number of nitrogens with two attached hydrogens (primary N) is 1. The van der Waals surface area contributed by atoms with Gasteiger partial charge in [0.2, 0.25) is 0 Å². The third kappa shape index (κ3) is 3.04. The highest BCUT2D eigenvalue weighted by Gasteiger charge is 2.10. The summed E-state index contributed by atoms with van der Waals surface area (Å²) in [5, 5.41) is 0. The number of nitrogens with zero attached hydrogens (tertiary/aromatic N) is 2. The molecule has 0 bridgehead atoms. The van der Waals surface area contributed by atoms with Gasteiger partial charge in [-0.15, -0.1) is 0 Å². The number of hydrogen-bond acceptors (Lipinski definition) is 3. The highest BCUT2D eigenvalue weighted by molar-refractivity contribution is 5.67. The average Bonchev–Trinajstić information content (AvgIpc) is 3.06. The van der Waals surface area contributed by atoms with Crippen LogP contribution >= 0.6 is 0 Å². The zero-order valence-corrected chi connectivity index (χ0v) is 13.4. The van der Waals surface area contributed by atoms with Crippen molar-refractivity contribution in [3.8, 4) is 17.0 Å². The molecular formula is C20H16FN3O. The van der Waals surface area contributed by atoms with Gasteiger partial charge in [0.1, 0.15) is 12.4 Å². The number of aromatic nitrogens is 2. The molecule has 25 heavy (non-hydrogen) atoms. The van der Waals surface area contributed by atoms with Crippen molar-refractivity contribution in [2.75, 3.05) is 5.73 Å². The van der Waals surface area contributed by atoms with Crippen LogP contribution in [0.3, 0.4) is 0 Å². The lowest BCUT2D eigenvalue weighted by Crippen LogP contribution is -1.99. The molecule has 0 amide bonds. The molecule has 0 fully saturated rings. The van der Waals surface area contributed by atoms with Crippen molar-refractivity contribution in [3.05, 3.63) is 84.4 Å². The van der Waals surface area contributed by atoms with E-state index >= 15 is 0 Å². The normalized spacial score (nSPS) is 10.9. The third-order valence-corrected chi connectivity index (χ3v) is 3.99. The standard InChI is InChI=1S/C20H16FN3O/c21-17-5-2-1-4-15(17)13-25-19-6-3-11-24-12-18(23-20(19)24)14-7-9-16(22)10-8-14/h1-12H,13,22H2. The van der Waals surface area contributed by atoms with Crippen LogP contribution in [0.25, 0.3) is 16.9 Å². The lowest BCUT2D eigenvalue weighted by atomic mass is 10.1. The lowest BCUT2D eigenvalue weighted by molar-refractivity contribution is 0.301. The van der Waals surface area contributed by atoms with Gasteiger partial charge in [-0.1, -0.05) is 30.3 Å². The molecule has 0 saturated carbocycles. The molecule has 0 aliphatic carbocycles. The van der Waals surface area contributed by atoms with Gasteiger partial charge < -0.3 is 14.9 Å². The first-order valence-electron chi connectivity index (χ1n) is 7.90. The first-order valence-corrected chi connectivity index (χ1v) is 7.90. The van der Waals surface area contributed by atoms with E-state index in [4.69, 9.17) is 10.5 Å². The van der Waals surface area contributed by atoms with Crippen molar-refractivity contribution < 1.29 is 9.13 Å². The predicted octanol–water partition coefficient (Wildman–Crippen LogP) is 4.30. The molecule has 0 aliphatic heterocycles. The fraction of sp³-hybridized carbons (Fsp3) is 0.0500. The van der Waals surface area contributed by atoms with Crippen LogP contribution in [-0.4, -0.2) is 9.38 Å². The highest BCUT2D eigenvalue weighted by Crippen LogP contribution is 2.25. The van der Waals surface area contributed by atoms with Gasteiger partial charge in [0.15, 0.2) is 11.4 Å². The van der Waals surface area contributed by atoms with Gasteiger partial charge in [-0.25, -0.2) is 9.37 Å². The molecule has 124 valence electrons. The van der Waals surface area contributed by atoms with Gasteiger partial charge >= 0.3 is 0 Å². The summed E-state index contributed by atoms with van der Waals surface area (Å²) in [6.07, 6.45) is 3.83. The third-order valence-electron chi connectivity index (χ3n) is 3.99. The summed E-state index contributed by atoms with van der Waals surface area (Å²) in [4.78, 5) is 4.65. The highest BCUT2D eigenvalue weighted by atomic mass is 19.1. The van der Waals surface area contributed by atoms with Crippen molar-refractivity contribution in [1.82, 2.24) is 9.38 Å². The molecule has 2 N–H and O–H groups in total. The second kappa shape index (κ2) is 6.28. The van der Waals surface area contributed by atoms with E-state index in [1.54, 1.807) is 18.2 Å². The summed E-state index contributed by atoms with van der Waals surface area (Å²) in [6, 6.07) is 17.8. The minimum atomic E-state index is -0.277. The van der Waals surface area contributed by atoms with Crippen LogP contribution in [0.2, 0.25) is 0 Å². The van der Waals surface area contributed by atoms with Crippen LogP contribution in [0.4, 0.5) is 10.1 Å². The van der Waals surface area contributed by atoms with E-state index in [2.05, 4.69) is 4.98 Å². The van der Waals surface area contributed by atoms with Crippen LogP contribution in [0, 0.1) is 5.82 Å². The first kappa shape index (κ1) is 15.2. The SMILES string of the molecule is Nc1ccc(-c2cn3cccc(OCc4ccccc4F)c3n2)cc1. The van der Waals surface area contributed by atoms with E-state index in [0.29, 0.717) is 22.6 Å². The van der Waals surface area contributed by atoms with Gasteiger partial charge in [0, 0.05) is 29.2 Å². The zero-order chi connectivity index (χ0) is 17.2. The number of pyridine rings is 1. The Morgan fingerprint density at radius 3 is 2.60 bits per heavy atom. The molecule has 5 heteroatoms. The monoisotopic (exact) mass is 333 g/mol. The van der Waals surface area contributed by atoms with Gasteiger partial charge in [-0.3, -0.25) is 0 Å². The minimum absolute atomic E-state index is 0.149. The summed E-state index contributed by atoms with van der Waals surface area (Å²) in [7, 11) is 0. The topological polar surface area (TPSA) is 52.5 Å². The summed E-state index contributed by atoms with van der Waals surface area (Å²) in [5.74, 6) is 0.327. The van der Waals surface area contributed by atoms with Crippen LogP contribution in [-0.2, 0) is 6.61 Å². The molecule has 2 heterocycles. The number of halogens is 1. The Morgan fingerprint density at radius 1 is 1.00 bits per heavy atom. The summed E-state index contributed by atoms with van der Waals surface area (Å²) < 4.78 is 21.5. The molecule has 2 aromatic carbocycles. The number of rotatable bonds is 4. The molecule has 0 saturated heterocycles. The molecule has 0 spiro atoms. The van der Waals surface area contributed by atoms with Crippen molar-refractivity contribution in [2.24, 2.45) is 0 Å². The molecule has 4 rings (SSSR count). The van der Waals surface area contributed by atoms with Crippen LogP contribution in [0.1, 0.15) is 5.56 Å². The molecular weight excluding hydrogens is 317 g/mol. The van der Waals surface area contributed by atoms with E-state index in [1.807, 2.05) is 53.2 Å². The maximum absolute atomic E-state index is 13.8.